The summed E-state index contributed by atoms with van der Waals surface area (Å²) in [5, 5.41) is 1.74. The smallest absolute Gasteiger partial charge is 0.261 e. The third-order valence-corrected chi connectivity index (χ3v) is 4.06. The molecule has 1 heterocycles. The first-order valence-electron chi connectivity index (χ1n) is 7.45. The Balaban J connectivity index is 1.99. The van der Waals surface area contributed by atoms with Gasteiger partial charge >= 0.3 is 0 Å². The molecule has 1 atom stereocenters. The number of hydrogen-bond donors (Lipinski definition) is 0. The van der Waals surface area contributed by atoms with E-state index in [0.29, 0.717) is 0 Å². The van der Waals surface area contributed by atoms with Gasteiger partial charge in [-0.05, 0) is 12.8 Å². The van der Waals surface area contributed by atoms with E-state index in [1.807, 2.05) is 13.8 Å². The molecule has 0 radical (unpaired) electrons. The Bertz CT molecular complexity index is 336. The molecule has 1 aliphatic carbocycles. The molecule has 1 unspecified atom stereocenters. The fraction of sp³-hybridized carbons (Fsp3) is 0.857. The number of carbonyl (C=O) groups excluding carboxylic acids is 2. The lowest BCUT2D eigenvalue weighted by Gasteiger charge is -2.30. The molecule has 108 valence electrons. The first-order chi connectivity index (χ1) is 9.17. The summed E-state index contributed by atoms with van der Waals surface area (Å²) in [5.41, 5.74) is 0. The standard InChI is InChI=1S/C14H24N2O3/c1-3-15(4-2)19-12-10-13(17)16(14(12)18)11-8-6-5-7-9-11/h11-12H,3-10H2,1-2H3. The molecule has 1 aliphatic heterocycles. The van der Waals surface area contributed by atoms with Crippen LogP contribution in [0.2, 0.25) is 0 Å². The number of hydroxylamine groups is 2. The van der Waals surface area contributed by atoms with Gasteiger partial charge in [0.1, 0.15) is 0 Å². The molecule has 0 spiro atoms. The molecule has 0 N–H and O–H groups in total. The third-order valence-electron chi connectivity index (χ3n) is 4.06. The highest BCUT2D eigenvalue weighted by Gasteiger charge is 2.44. The second kappa shape index (κ2) is 6.48. The zero-order valence-electron chi connectivity index (χ0n) is 11.9. The van der Waals surface area contributed by atoms with Gasteiger partial charge in [0.2, 0.25) is 5.91 Å². The Morgan fingerprint density at radius 1 is 1.16 bits per heavy atom. The second-order valence-corrected chi connectivity index (χ2v) is 5.31. The van der Waals surface area contributed by atoms with Gasteiger partial charge in [0.15, 0.2) is 6.10 Å². The highest BCUT2D eigenvalue weighted by Crippen LogP contribution is 2.28. The van der Waals surface area contributed by atoms with E-state index in [1.54, 1.807) is 5.06 Å². The van der Waals surface area contributed by atoms with Gasteiger partial charge in [-0.25, -0.2) is 0 Å². The summed E-state index contributed by atoms with van der Waals surface area (Å²) in [6, 6.07) is 0.110. The molecule has 1 saturated heterocycles. The average molecular weight is 268 g/mol. The molecule has 1 saturated carbocycles. The number of amides is 2. The number of imide groups is 1. The zero-order chi connectivity index (χ0) is 13.8. The van der Waals surface area contributed by atoms with Crippen molar-refractivity contribution in [3.63, 3.8) is 0 Å². The van der Waals surface area contributed by atoms with Crippen molar-refractivity contribution in [2.45, 2.75) is 64.5 Å². The Kier molecular flexibility index (Phi) is 4.93. The van der Waals surface area contributed by atoms with Crippen LogP contribution in [0.5, 0.6) is 0 Å². The Hall–Kier alpha value is -0.940. The lowest BCUT2D eigenvalue weighted by molar-refractivity contribution is -0.195. The van der Waals surface area contributed by atoms with Crippen LogP contribution in [-0.4, -0.2) is 47.0 Å². The fourth-order valence-corrected chi connectivity index (χ4v) is 2.98. The molecule has 5 nitrogen and oxygen atoms in total. The van der Waals surface area contributed by atoms with Crippen molar-refractivity contribution < 1.29 is 14.4 Å². The molecule has 2 aliphatic rings. The third kappa shape index (κ3) is 3.15. The van der Waals surface area contributed by atoms with E-state index in [9.17, 15) is 9.59 Å². The quantitative estimate of drug-likeness (QED) is 0.563. The number of nitrogens with zero attached hydrogens (tertiary/aromatic N) is 2. The van der Waals surface area contributed by atoms with Crippen molar-refractivity contribution >= 4 is 11.8 Å². The van der Waals surface area contributed by atoms with Crippen LogP contribution >= 0.6 is 0 Å². The number of rotatable bonds is 5. The summed E-state index contributed by atoms with van der Waals surface area (Å²) >= 11 is 0. The van der Waals surface area contributed by atoms with E-state index in [-0.39, 0.29) is 24.3 Å². The maximum Gasteiger partial charge on any atom is 0.261 e. The maximum absolute atomic E-state index is 12.3. The molecular weight excluding hydrogens is 244 g/mol. The van der Waals surface area contributed by atoms with Gasteiger partial charge in [0.25, 0.3) is 5.91 Å². The lowest BCUT2D eigenvalue weighted by Crippen LogP contribution is -2.43. The molecule has 0 aromatic rings. The summed E-state index contributed by atoms with van der Waals surface area (Å²) in [5.74, 6) is -0.196. The lowest BCUT2D eigenvalue weighted by atomic mass is 9.94. The van der Waals surface area contributed by atoms with Crippen LogP contribution in [0.3, 0.4) is 0 Å². The highest BCUT2D eigenvalue weighted by molar-refractivity contribution is 6.05. The van der Waals surface area contributed by atoms with Gasteiger partial charge in [0, 0.05) is 19.1 Å². The first kappa shape index (κ1) is 14.5. The summed E-state index contributed by atoms with van der Waals surface area (Å²) in [7, 11) is 0. The Morgan fingerprint density at radius 3 is 2.37 bits per heavy atom. The van der Waals surface area contributed by atoms with Crippen molar-refractivity contribution in [2.24, 2.45) is 0 Å². The van der Waals surface area contributed by atoms with Gasteiger partial charge in [0.05, 0.1) is 6.42 Å². The van der Waals surface area contributed by atoms with E-state index in [1.165, 1.54) is 11.3 Å². The number of carbonyl (C=O) groups is 2. The van der Waals surface area contributed by atoms with E-state index in [0.717, 1.165) is 38.8 Å². The van der Waals surface area contributed by atoms with Gasteiger partial charge in [-0.1, -0.05) is 33.1 Å². The molecule has 0 aromatic carbocycles. The van der Waals surface area contributed by atoms with Gasteiger partial charge < -0.3 is 0 Å². The Labute approximate surface area is 114 Å². The van der Waals surface area contributed by atoms with Crippen LogP contribution in [0.4, 0.5) is 0 Å². The minimum Gasteiger partial charge on any atom is -0.285 e. The molecule has 0 aromatic heterocycles. The van der Waals surface area contributed by atoms with Crippen LogP contribution < -0.4 is 0 Å². The van der Waals surface area contributed by atoms with Crippen LogP contribution in [0, 0.1) is 0 Å². The van der Waals surface area contributed by atoms with Gasteiger partial charge in [-0.3, -0.25) is 19.3 Å². The summed E-state index contributed by atoms with van der Waals surface area (Å²) < 4.78 is 0. The molecule has 2 fully saturated rings. The minimum atomic E-state index is -0.602. The molecule has 19 heavy (non-hydrogen) atoms. The van der Waals surface area contributed by atoms with E-state index < -0.39 is 6.10 Å². The topological polar surface area (TPSA) is 49.9 Å². The summed E-state index contributed by atoms with van der Waals surface area (Å²) in [6.07, 6.45) is 4.95. The highest BCUT2D eigenvalue weighted by atomic mass is 16.7. The SMILES string of the molecule is CCN(CC)OC1CC(=O)N(C2CCCCC2)C1=O. The van der Waals surface area contributed by atoms with Crippen LogP contribution in [0.15, 0.2) is 0 Å². The van der Waals surface area contributed by atoms with Gasteiger partial charge in [-0.15, -0.1) is 0 Å². The normalized spacial score (nSPS) is 25.6. The van der Waals surface area contributed by atoms with E-state index in [4.69, 9.17) is 4.84 Å². The predicted octanol–water partition coefficient (Wildman–Crippen LogP) is 1.72. The zero-order valence-corrected chi connectivity index (χ0v) is 11.9. The summed E-state index contributed by atoms with van der Waals surface area (Å²) in [4.78, 5) is 31.5. The maximum atomic E-state index is 12.3. The van der Waals surface area contributed by atoms with Crippen LogP contribution in [0.1, 0.15) is 52.4 Å². The molecule has 2 rings (SSSR count). The first-order valence-corrected chi connectivity index (χ1v) is 7.45. The number of likely N-dealkylation sites (tertiary alicyclic amines) is 1. The van der Waals surface area contributed by atoms with Crippen molar-refractivity contribution in [3.05, 3.63) is 0 Å². The Morgan fingerprint density at radius 2 is 1.79 bits per heavy atom. The monoisotopic (exact) mass is 268 g/mol. The summed E-state index contributed by atoms with van der Waals surface area (Å²) in [6.45, 7) is 5.39. The second-order valence-electron chi connectivity index (χ2n) is 5.31. The molecule has 5 heteroatoms. The largest absolute Gasteiger partial charge is 0.285 e. The molecular formula is C14H24N2O3. The molecule has 0 bridgehead atoms. The van der Waals surface area contributed by atoms with Crippen molar-refractivity contribution in [1.82, 2.24) is 9.96 Å². The fourth-order valence-electron chi connectivity index (χ4n) is 2.98. The van der Waals surface area contributed by atoms with Crippen LogP contribution in [-0.2, 0) is 14.4 Å². The van der Waals surface area contributed by atoms with Crippen LogP contribution in [0.25, 0.3) is 0 Å². The average Bonchev–Trinajstić information content (AvgIpc) is 2.71. The molecule has 2 amide bonds. The van der Waals surface area contributed by atoms with E-state index >= 15 is 0 Å². The van der Waals surface area contributed by atoms with Crippen molar-refractivity contribution in [2.75, 3.05) is 13.1 Å². The predicted molar refractivity (Wildman–Crippen MR) is 71.1 cm³/mol. The number of hydrogen-bond acceptors (Lipinski definition) is 4. The van der Waals surface area contributed by atoms with Crippen molar-refractivity contribution in [3.8, 4) is 0 Å². The van der Waals surface area contributed by atoms with E-state index in [2.05, 4.69) is 0 Å². The van der Waals surface area contributed by atoms with Gasteiger partial charge in [-0.2, -0.15) is 5.06 Å². The minimum absolute atomic E-state index is 0.0611. The van der Waals surface area contributed by atoms with Crippen molar-refractivity contribution in [1.29, 1.82) is 0 Å².